The fourth-order valence-electron chi connectivity index (χ4n) is 1.20. The quantitative estimate of drug-likeness (QED) is 0.487. The van der Waals surface area contributed by atoms with E-state index in [1.807, 2.05) is 20.8 Å². The zero-order chi connectivity index (χ0) is 10.2. The molecule has 0 atom stereocenters. The van der Waals surface area contributed by atoms with Crippen molar-refractivity contribution < 1.29 is 4.73 Å². The Hall–Kier alpha value is -0.470. The zero-order valence-electron chi connectivity index (χ0n) is 7.77. The van der Waals surface area contributed by atoms with Crippen LogP contribution in [0.2, 0.25) is 10.0 Å². The maximum absolute atomic E-state index is 11.5. The standard InChI is InChI=1S/C9H11Cl2NO/c1-9(2,3)8-7(11)4-6(10)5-12(8)13/h4-5H,1-3H3. The summed E-state index contributed by atoms with van der Waals surface area (Å²) in [5.41, 5.74) is 0.266. The van der Waals surface area contributed by atoms with Crippen LogP contribution in [0.1, 0.15) is 26.5 Å². The smallest absolute Gasteiger partial charge is 0.216 e. The fraction of sp³-hybridized carbons (Fsp3) is 0.444. The molecule has 0 spiro atoms. The normalized spacial score (nSPS) is 11.8. The van der Waals surface area contributed by atoms with Crippen LogP contribution in [0.4, 0.5) is 0 Å². The third kappa shape index (κ3) is 2.26. The minimum atomic E-state index is -0.274. The monoisotopic (exact) mass is 219 g/mol. The molecule has 0 N–H and O–H groups in total. The largest absolute Gasteiger partial charge is 0.618 e. The summed E-state index contributed by atoms with van der Waals surface area (Å²) in [6.07, 6.45) is 1.31. The highest BCUT2D eigenvalue weighted by molar-refractivity contribution is 6.34. The van der Waals surface area contributed by atoms with E-state index in [-0.39, 0.29) is 5.41 Å². The van der Waals surface area contributed by atoms with Gasteiger partial charge >= 0.3 is 0 Å². The summed E-state index contributed by atoms with van der Waals surface area (Å²) in [6.45, 7) is 5.78. The number of nitrogens with zero attached hydrogens (tertiary/aromatic N) is 1. The molecule has 0 fully saturated rings. The molecule has 1 heterocycles. The van der Waals surface area contributed by atoms with Gasteiger partial charge in [-0.25, -0.2) is 0 Å². The van der Waals surface area contributed by atoms with E-state index in [9.17, 15) is 5.21 Å². The number of halogens is 2. The van der Waals surface area contributed by atoms with E-state index in [1.54, 1.807) is 6.07 Å². The van der Waals surface area contributed by atoms with Gasteiger partial charge in [-0.3, -0.25) is 0 Å². The van der Waals surface area contributed by atoms with Crippen molar-refractivity contribution in [1.82, 2.24) is 0 Å². The number of aromatic nitrogens is 1. The molecule has 1 aromatic rings. The Morgan fingerprint density at radius 1 is 1.31 bits per heavy atom. The molecule has 0 aromatic carbocycles. The molecule has 0 aliphatic rings. The Morgan fingerprint density at radius 3 is 2.23 bits per heavy atom. The van der Waals surface area contributed by atoms with E-state index in [4.69, 9.17) is 23.2 Å². The van der Waals surface area contributed by atoms with Gasteiger partial charge in [-0.2, -0.15) is 4.73 Å². The second-order valence-corrected chi connectivity index (χ2v) is 4.77. The van der Waals surface area contributed by atoms with Gasteiger partial charge in [0, 0.05) is 5.41 Å². The molecular formula is C9H11Cl2NO. The first kappa shape index (κ1) is 10.6. The van der Waals surface area contributed by atoms with Crippen molar-refractivity contribution >= 4 is 23.2 Å². The van der Waals surface area contributed by atoms with E-state index in [0.29, 0.717) is 15.7 Å². The Labute approximate surface area is 87.7 Å². The van der Waals surface area contributed by atoms with Gasteiger partial charge in [0.1, 0.15) is 10.0 Å². The van der Waals surface area contributed by atoms with Crippen LogP contribution in [-0.2, 0) is 5.41 Å². The van der Waals surface area contributed by atoms with Crippen molar-refractivity contribution in [3.8, 4) is 0 Å². The topological polar surface area (TPSA) is 26.9 Å². The van der Waals surface area contributed by atoms with Crippen LogP contribution in [0.15, 0.2) is 12.3 Å². The highest BCUT2D eigenvalue weighted by Gasteiger charge is 2.27. The van der Waals surface area contributed by atoms with Crippen molar-refractivity contribution in [2.24, 2.45) is 0 Å². The molecule has 0 bridgehead atoms. The molecule has 0 amide bonds. The maximum atomic E-state index is 11.5. The first-order valence-electron chi connectivity index (χ1n) is 3.91. The molecule has 13 heavy (non-hydrogen) atoms. The van der Waals surface area contributed by atoms with E-state index < -0.39 is 0 Å². The number of pyridine rings is 1. The molecule has 1 rings (SSSR count). The van der Waals surface area contributed by atoms with Gasteiger partial charge in [0.25, 0.3) is 0 Å². The summed E-state index contributed by atoms with van der Waals surface area (Å²) < 4.78 is 0.727. The van der Waals surface area contributed by atoms with Crippen LogP contribution < -0.4 is 4.73 Å². The Balaban J connectivity index is 3.38. The highest BCUT2D eigenvalue weighted by atomic mass is 35.5. The number of rotatable bonds is 0. The lowest BCUT2D eigenvalue weighted by atomic mass is 9.91. The summed E-state index contributed by atoms with van der Waals surface area (Å²) in [4.78, 5) is 0. The van der Waals surface area contributed by atoms with Crippen LogP contribution in [0.25, 0.3) is 0 Å². The minimum Gasteiger partial charge on any atom is -0.618 e. The van der Waals surface area contributed by atoms with E-state index in [0.717, 1.165) is 4.73 Å². The van der Waals surface area contributed by atoms with Gasteiger partial charge in [-0.05, 0) is 6.07 Å². The third-order valence-corrected chi connectivity index (χ3v) is 2.16. The van der Waals surface area contributed by atoms with Crippen LogP contribution in [0.3, 0.4) is 0 Å². The molecular weight excluding hydrogens is 209 g/mol. The van der Waals surface area contributed by atoms with Crippen LogP contribution in [-0.4, -0.2) is 0 Å². The number of hydrogen-bond donors (Lipinski definition) is 0. The lowest BCUT2D eigenvalue weighted by molar-refractivity contribution is -0.617. The van der Waals surface area contributed by atoms with Crippen molar-refractivity contribution in [3.63, 3.8) is 0 Å². The summed E-state index contributed by atoms with van der Waals surface area (Å²) >= 11 is 11.6. The second kappa shape index (κ2) is 3.35. The van der Waals surface area contributed by atoms with E-state index in [2.05, 4.69) is 0 Å². The first-order valence-corrected chi connectivity index (χ1v) is 4.66. The zero-order valence-corrected chi connectivity index (χ0v) is 9.28. The van der Waals surface area contributed by atoms with Gasteiger partial charge in [-0.1, -0.05) is 44.0 Å². The molecule has 72 valence electrons. The maximum Gasteiger partial charge on any atom is 0.216 e. The van der Waals surface area contributed by atoms with E-state index >= 15 is 0 Å². The molecule has 0 aliphatic heterocycles. The van der Waals surface area contributed by atoms with E-state index in [1.165, 1.54) is 6.20 Å². The average Bonchev–Trinajstić information content (AvgIpc) is 1.78. The molecule has 0 radical (unpaired) electrons. The molecule has 0 aliphatic carbocycles. The average molecular weight is 220 g/mol. The SMILES string of the molecule is CC(C)(C)c1c(Cl)cc(Cl)c[n+]1[O-]. The summed E-state index contributed by atoms with van der Waals surface area (Å²) in [6, 6.07) is 1.58. The highest BCUT2D eigenvalue weighted by Crippen LogP contribution is 2.27. The number of hydrogen-bond acceptors (Lipinski definition) is 1. The van der Waals surface area contributed by atoms with Crippen LogP contribution >= 0.6 is 23.2 Å². The fourth-order valence-corrected chi connectivity index (χ4v) is 1.94. The molecule has 0 unspecified atom stereocenters. The minimum absolute atomic E-state index is 0.274. The van der Waals surface area contributed by atoms with Crippen molar-refractivity contribution in [3.05, 3.63) is 33.2 Å². The van der Waals surface area contributed by atoms with Gasteiger partial charge in [-0.15, -0.1) is 0 Å². The first-order chi connectivity index (χ1) is 5.82. The summed E-state index contributed by atoms with van der Waals surface area (Å²) in [5, 5.41) is 12.2. The molecule has 2 nitrogen and oxygen atoms in total. The molecule has 1 aromatic heterocycles. The predicted octanol–water partition coefficient (Wildman–Crippen LogP) is 2.92. The molecule has 0 saturated carbocycles. The third-order valence-electron chi connectivity index (χ3n) is 1.66. The molecule has 0 saturated heterocycles. The predicted molar refractivity (Wildman–Crippen MR) is 54.1 cm³/mol. The van der Waals surface area contributed by atoms with Gasteiger partial charge in [0.05, 0.1) is 0 Å². The van der Waals surface area contributed by atoms with Crippen molar-refractivity contribution in [1.29, 1.82) is 0 Å². The van der Waals surface area contributed by atoms with Crippen molar-refractivity contribution in [2.45, 2.75) is 26.2 Å². The van der Waals surface area contributed by atoms with Gasteiger partial charge < -0.3 is 5.21 Å². The Kier molecular flexibility index (Phi) is 2.74. The van der Waals surface area contributed by atoms with Crippen LogP contribution in [0.5, 0.6) is 0 Å². The second-order valence-electron chi connectivity index (χ2n) is 3.93. The lowest BCUT2D eigenvalue weighted by Crippen LogP contribution is -2.38. The Morgan fingerprint density at radius 2 is 1.85 bits per heavy atom. The molecule has 4 heteroatoms. The van der Waals surface area contributed by atoms with Gasteiger partial charge in [0.2, 0.25) is 5.69 Å². The van der Waals surface area contributed by atoms with Crippen LogP contribution in [0, 0.1) is 5.21 Å². The Bertz CT molecular complexity index is 308. The van der Waals surface area contributed by atoms with Crippen molar-refractivity contribution in [2.75, 3.05) is 0 Å². The summed E-state index contributed by atoms with van der Waals surface area (Å²) in [5.74, 6) is 0. The summed E-state index contributed by atoms with van der Waals surface area (Å²) in [7, 11) is 0. The van der Waals surface area contributed by atoms with Gasteiger partial charge in [0.15, 0.2) is 6.20 Å². The lowest BCUT2D eigenvalue weighted by Gasteiger charge is -2.18.